The normalized spacial score (nSPS) is 16.9. The van der Waals surface area contributed by atoms with E-state index in [1.807, 2.05) is 12.1 Å². The minimum Gasteiger partial charge on any atom is -0.467 e. The first-order valence-electron chi connectivity index (χ1n) is 9.47. The van der Waals surface area contributed by atoms with E-state index in [4.69, 9.17) is 14.7 Å². The number of esters is 1. The predicted octanol–water partition coefficient (Wildman–Crippen LogP) is 1.81. The molecule has 1 aliphatic carbocycles. The van der Waals surface area contributed by atoms with Crippen LogP contribution in [0, 0.1) is 5.92 Å². The molecule has 8 heteroatoms. The Labute approximate surface area is 163 Å². The van der Waals surface area contributed by atoms with Gasteiger partial charge in [-0.1, -0.05) is 0 Å². The lowest BCUT2D eigenvalue weighted by atomic mass is 10.0. The minimum atomic E-state index is -0.417. The Kier molecular flexibility index (Phi) is 4.93. The standard InChI is InChI=1S/C20H23N5O3/c1-12(26)25-10-7-15-16(11-25)22-18(14-5-8-21-9-6-14)24-19(15)23-17(13-3-4-13)20(27)28-2/h5-6,8-9,13,17H,3-4,7,10-11H2,1-2H3,(H,22,23,24)/t17-/m0/s1. The number of amides is 1. The summed E-state index contributed by atoms with van der Waals surface area (Å²) in [5, 5.41) is 3.33. The van der Waals surface area contributed by atoms with Gasteiger partial charge in [-0.2, -0.15) is 0 Å². The van der Waals surface area contributed by atoms with Gasteiger partial charge in [0.25, 0.3) is 0 Å². The summed E-state index contributed by atoms with van der Waals surface area (Å²) in [4.78, 5) is 39.4. The molecule has 3 heterocycles. The van der Waals surface area contributed by atoms with Gasteiger partial charge >= 0.3 is 5.97 Å². The van der Waals surface area contributed by atoms with Crippen molar-refractivity contribution in [1.82, 2.24) is 19.9 Å². The molecule has 0 saturated heterocycles. The van der Waals surface area contributed by atoms with E-state index in [2.05, 4.69) is 10.3 Å². The predicted molar refractivity (Wildman–Crippen MR) is 102 cm³/mol. The molecule has 8 nitrogen and oxygen atoms in total. The molecule has 2 aromatic heterocycles. The third-order valence-electron chi connectivity index (χ3n) is 5.29. The van der Waals surface area contributed by atoms with Crippen LogP contribution in [-0.2, 0) is 27.3 Å². The summed E-state index contributed by atoms with van der Waals surface area (Å²) < 4.78 is 4.99. The number of fused-ring (bicyclic) bond motifs is 1. The monoisotopic (exact) mass is 381 g/mol. The molecule has 1 aliphatic heterocycles. The number of rotatable bonds is 5. The Morgan fingerprint density at radius 1 is 1.25 bits per heavy atom. The lowest BCUT2D eigenvalue weighted by molar-refractivity contribution is -0.142. The molecule has 0 bridgehead atoms. The number of pyridine rings is 1. The van der Waals surface area contributed by atoms with Crippen LogP contribution in [0.15, 0.2) is 24.5 Å². The van der Waals surface area contributed by atoms with Gasteiger partial charge < -0.3 is 15.0 Å². The maximum Gasteiger partial charge on any atom is 0.328 e. The molecular weight excluding hydrogens is 358 g/mol. The van der Waals surface area contributed by atoms with Crippen molar-refractivity contribution in [2.45, 2.75) is 38.8 Å². The molecule has 2 aliphatic rings. The molecule has 1 saturated carbocycles. The van der Waals surface area contributed by atoms with Crippen LogP contribution in [0.5, 0.6) is 0 Å². The highest BCUT2D eigenvalue weighted by Gasteiger charge is 2.38. The van der Waals surface area contributed by atoms with E-state index in [0.29, 0.717) is 31.2 Å². The molecule has 0 aromatic carbocycles. The number of hydrogen-bond acceptors (Lipinski definition) is 7. The Balaban J connectivity index is 1.74. The molecule has 1 atom stereocenters. The Morgan fingerprint density at radius 3 is 2.64 bits per heavy atom. The highest BCUT2D eigenvalue weighted by molar-refractivity contribution is 5.80. The Morgan fingerprint density at radius 2 is 2.00 bits per heavy atom. The number of ether oxygens (including phenoxy) is 1. The number of methoxy groups -OCH3 is 1. The van der Waals surface area contributed by atoms with E-state index in [9.17, 15) is 9.59 Å². The van der Waals surface area contributed by atoms with Gasteiger partial charge in [-0.15, -0.1) is 0 Å². The fourth-order valence-corrected chi connectivity index (χ4v) is 3.52. The van der Waals surface area contributed by atoms with E-state index in [0.717, 1.165) is 29.7 Å². The summed E-state index contributed by atoms with van der Waals surface area (Å²) >= 11 is 0. The zero-order valence-corrected chi connectivity index (χ0v) is 16.0. The van der Waals surface area contributed by atoms with Gasteiger partial charge in [0.05, 0.1) is 19.3 Å². The molecule has 146 valence electrons. The molecule has 1 amide bonds. The second-order valence-corrected chi connectivity index (χ2v) is 7.23. The van der Waals surface area contributed by atoms with Crippen molar-refractivity contribution in [2.24, 2.45) is 5.92 Å². The van der Waals surface area contributed by atoms with Crippen LogP contribution in [0.4, 0.5) is 5.82 Å². The number of carbonyl (C=O) groups is 2. The second-order valence-electron chi connectivity index (χ2n) is 7.23. The molecule has 0 spiro atoms. The van der Waals surface area contributed by atoms with Crippen LogP contribution in [0.25, 0.3) is 11.4 Å². The first-order chi connectivity index (χ1) is 13.6. The van der Waals surface area contributed by atoms with Crippen molar-refractivity contribution in [3.05, 3.63) is 35.8 Å². The maximum atomic E-state index is 12.3. The van der Waals surface area contributed by atoms with Crippen LogP contribution in [-0.4, -0.2) is 51.4 Å². The largest absolute Gasteiger partial charge is 0.467 e. The average Bonchev–Trinajstić information content (AvgIpc) is 3.56. The molecule has 0 radical (unpaired) electrons. The smallest absolute Gasteiger partial charge is 0.328 e. The molecule has 4 rings (SSSR count). The van der Waals surface area contributed by atoms with E-state index in [1.165, 1.54) is 7.11 Å². The van der Waals surface area contributed by atoms with Crippen molar-refractivity contribution in [3.63, 3.8) is 0 Å². The average molecular weight is 381 g/mol. The highest BCUT2D eigenvalue weighted by atomic mass is 16.5. The van der Waals surface area contributed by atoms with E-state index in [1.54, 1.807) is 24.2 Å². The SMILES string of the molecule is COC(=O)[C@@H](Nc1nc(-c2ccncc2)nc2c1CCN(C(C)=O)C2)C1CC1. The van der Waals surface area contributed by atoms with Crippen LogP contribution in [0.2, 0.25) is 0 Å². The minimum absolute atomic E-state index is 0.0228. The molecule has 2 aromatic rings. The first kappa shape index (κ1) is 18.3. The number of aromatic nitrogens is 3. The lowest BCUT2D eigenvalue weighted by Gasteiger charge is -2.29. The zero-order valence-electron chi connectivity index (χ0n) is 16.0. The van der Waals surface area contributed by atoms with Gasteiger partial charge in [-0.3, -0.25) is 9.78 Å². The fraction of sp³-hybridized carbons (Fsp3) is 0.450. The molecule has 1 fully saturated rings. The zero-order chi connectivity index (χ0) is 19.7. The fourth-order valence-electron chi connectivity index (χ4n) is 3.52. The number of nitrogens with one attached hydrogen (secondary N) is 1. The van der Waals surface area contributed by atoms with Gasteiger partial charge in [0.2, 0.25) is 5.91 Å². The van der Waals surface area contributed by atoms with Gasteiger partial charge in [-0.25, -0.2) is 14.8 Å². The van der Waals surface area contributed by atoms with Crippen molar-refractivity contribution in [3.8, 4) is 11.4 Å². The second kappa shape index (κ2) is 7.53. The van der Waals surface area contributed by atoms with E-state index < -0.39 is 6.04 Å². The summed E-state index contributed by atoms with van der Waals surface area (Å²) in [6, 6.07) is 3.27. The van der Waals surface area contributed by atoms with Gasteiger partial charge in [0.15, 0.2) is 5.82 Å². The molecule has 28 heavy (non-hydrogen) atoms. The first-order valence-corrected chi connectivity index (χ1v) is 9.47. The van der Waals surface area contributed by atoms with Gasteiger partial charge in [-0.05, 0) is 37.3 Å². The summed E-state index contributed by atoms with van der Waals surface area (Å²) in [7, 11) is 1.40. The quantitative estimate of drug-likeness (QED) is 0.789. The lowest BCUT2D eigenvalue weighted by Crippen LogP contribution is -2.37. The van der Waals surface area contributed by atoms with Crippen molar-refractivity contribution in [2.75, 3.05) is 19.0 Å². The summed E-state index contributed by atoms with van der Waals surface area (Å²) in [6.45, 7) is 2.61. The van der Waals surface area contributed by atoms with Crippen LogP contribution in [0.3, 0.4) is 0 Å². The molecular formula is C20H23N5O3. The van der Waals surface area contributed by atoms with Gasteiger partial charge in [0.1, 0.15) is 11.9 Å². The highest BCUT2D eigenvalue weighted by Crippen LogP contribution is 2.36. The third-order valence-corrected chi connectivity index (χ3v) is 5.29. The van der Waals surface area contributed by atoms with Crippen LogP contribution in [0.1, 0.15) is 31.0 Å². The van der Waals surface area contributed by atoms with Crippen LogP contribution >= 0.6 is 0 Å². The van der Waals surface area contributed by atoms with Crippen molar-refractivity contribution < 1.29 is 14.3 Å². The Bertz CT molecular complexity index is 898. The summed E-state index contributed by atoms with van der Waals surface area (Å²) in [5.41, 5.74) is 2.61. The summed E-state index contributed by atoms with van der Waals surface area (Å²) in [6.07, 6.45) is 6.01. The number of anilines is 1. The molecule has 0 unspecified atom stereocenters. The summed E-state index contributed by atoms with van der Waals surface area (Å²) in [5.74, 6) is 1.21. The van der Waals surface area contributed by atoms with E-state index in [-0.39, 0.29) is 17.8 Å². The number of carbonyl (C=O) groups excluding carboxylic acids is 2. The third kappa shape index (κ3) is 3.67. The molecule has 1 N–H and O–H groups in total. The van der Waals surface area contributed by atoms with E-state index >= 15 is 0 Å². The topological polar surface area (TPSA) is 97.3 Å². The Hall–Kier alpha value is -3.03. The maximum absolute atomic E-state index is 12.3. The van der Waals surface area contributed by atoms with Crippen LogP contribution < -0.4 is 5.32 Å². The van der Waals surface area contributed by atoms with Crippen molar-refractivity contribution >= 4 is 17.7 Å². The van der Waals surface area contributed by atoms with Gasteiger partial charge in [0, 0.05) is 37.0 Å². The number of nitrogens with zero attached hydrogens (tertiary/aromatic N) is 4. The van der Waals surface area contributed by atoms with Crippen molar-refractivity contribution in [1.29, 1.82) is 0 Å². The number of hydrogen-bond donors (Lipinski definition) is 1.